The van der Waals surface area contributed by atoms with E-state index in [1.165, 1.54) is 0 Å². The molecule has 0 unspecified atom stereocenters. The van der Waals surface area contributed by atoms with Crippen LogP contribution in [0.2, 0.25) is 0 Å². The van der Waals surface area contributed by atoms with Crippen molar-refractivity contribution in [2.24, 2.45) is 0 Å². The average molecular weight is 464 g/mol. The summed E-state index contributed by atoms with van der Waals surface area (Å²) in [6.45, 7) is 0. The molecule has 2 heterocycles. The van der Waals surface area contributed by atoms with Crippen LogP contribution in [-0.2, 0) is 0 Å². The van der Waals surface area contributed by atoms with Crippen molar-refractivity contribution in [1.29, 1.82) is 10.5 Å². The molecule has 0 aliphatic rings. The van der Waals surface area contributed by atoms with Gasteiger partial charge in [-0.25, -0.2) is 0 Å². The number of aromatic nitrogens is 2. The van der Waals surface area contributed by atoms with E-state index >= 15 is 0 Å². The summed E-state index contributed by atoms with van der Waals surface area (Å²) in [5.74, 6) is 0. The topological polar surface area (TPSA) is 79.2 Å². The number of nitrogens with zero attached hydrogens (tertiary/aromatic N) is 2. The van der Waals surface area contributed by atoms with E-state index in [0.29, 0.717) is 11.1 Å². The Morgan fingerprint density at radius 3 is 1.42 bits per heavy atom. The fourth-order valence-electron chi connectivity index (χ4n) is 3.54. The smallest absolute Gasteiger partial charge is 0.0992 e. The van der Waals surface area contributed by atoms with E-state index in [0.717, 1.165) is 52.6 Å². The van der Waals surface area contributed by atoms with Gasteiger partial charge in [-0.3, -0.25) is 0 Å². The van der Waals surface area contributed by atoms with Crippen LogP contribution in [0.1, 0.15) is 11.1 Å². The summed E-state index contributed by atoms with van der Waals surface area (Å²) >= 11 is 7.10. The highest BCUT2D eigenvalue weighted by atomic mass is 79.9. The Morgan fingerprint density at radius 2 is 1.04 bits per heavy atom. The standard InChI is InChI=1S/C20H8Br2N4/c21-15-3-9(7-23)1-13-11-5-18-12(6-17(11)25-19(13)15)14-2-10(8-24)4-16(22)20(14)26-18/h1-6,25-26H. The van der Waals surface area contributed by atoms with Crippen molar-refractivity contribution in [1.82, 2.24) is 9.97 Å². The molecule has 0 bridgehead atoms. The summed E-state index contributed by atoms with van der Waals surface area (Å²) in [6.07, 6.45) is 0. The van der Waals surface area contributed by atoms with E-state index in [2.05, 4.69) is 66.1 Å². The number of halogens is 2. The fraction of sp³-hybridized carbons (Fsp3) is 0. The minimum atomic E-state index is 0.614. The van der Waals surface area contributed by atoms with Gasteiger partial charge in [-0.15, -0.1) is 0 Å². The minimum absolute atomic E-state index is 0.614. The molecule has 0 aliphatic carbocycles. The number of H-pyrrole nitrogens is 2. The molecule has 0 amide bonds. The molecule has 2 aromatic heterocycles. The number of nitriles is 2. The second-order valence-corrected chi connectivity index (χ2v) is 7.89. The van der Waals surface area contributed by atoms with Crippen molar-refractivity contribution < 1.29 is 0 Å². The fourth-order valence-corrected chi connectivity index (χ4v) is 4.66. The number of hydrogen-bond acceptors (Lipinski definition) is 2. The molecular weight excluding hydrogens is 456 g/mol. The third kappa shape index (κ3) is 2.03. The predicted molar refractivity (Wildman–Crippen MR) is 110 cm³/mol. The summed E-state index contributed by atoms with van der Waals surface area (Å²) in [7, 11) is 0. The number of rotatable bonds is 0. The van der Waals surface area contributed by atoms with Gasteiger partial charge >= 0.3 is 0 Å². The number of nitrogens with one attached hydrogen (secondary N) is 2. The van der Waals surface area contributed by atoms with E-state index in [4.69, 9.17) is 0 Å². The van der Waals surface area contributed by atoms with Gasteiger partial charge < -0.3 is 9.97 Å². The summed E-state index contributed by atoms with van der Waals surface area (Å²) in [5.41, 5.74) is 5.14. The lowest BCUT2D eigenvalue weighted by Gasteiger charge is -1.96. The zero-order chi connectivity index (χ0) is 18.0. The second kappa shape index (κ2) is 5.35. The number of fused-ring (bicyclic) bond motifs is 6. The molecular formula is C20H8Br2N4. The summed E-state index contributed by atoms with van der Waals surface area (Å²) in [6, 6.07) is 16.0. The van der Waals surface area contributed by atoms with Gasteiger partial charge in [0.25, 0.3) is 0 Å². The highest BCUT2D eigenvalue weighted by Gasteiger charge is 2.14. The minimum Gasteiger partial charge on any atom is -0.354 e. The lowest BCUT2D eigenvalue weighted by molar-refractivity contribution is 1.48. The maximum atomic E-state index is 9.26. The molecule has 0 fully saturated rings. The molecule has 26 heavy (non-hydrogen) atoms. The van der Waals surface area contributed by atoms with Crippen molar-refractivity contribution in [3.63, 3.8) is 0 Å². The Bertz CT molecular complexity index is 1360. The monoisotopic (exact) mass is 462 g/mol. The average Bonchev–Trinajstić information content (AvgIpc) is 3.18. The maximum absolute atomic E-state index is 9.26. The van der Waals surface area contributed by atoms with E-state index in [-0.39, 0.29) is 0 Å². The van der Waals surface area contributed by atoms with E-state index < -0.39 is 0 Å². The van der Waals surface area contributed by atoms with Crippen LogP contribution in [0.3, 0.4) is 0 Å². The molecule has 0 radical (unpaired) electrons. The van der Waals surface area contributed by atoms with Crippen LogP contribution in [-0.4, -0.2) is 9.97 Å². The molecule has 3 aromatic carbocycles. The van der Waals surface area contributed by atoms with Crippen LogP contribution in [0.5, 0.6) is 0 Å². The first-order valence-electron chi connectivity index (χ1n) is 7.79. The first-order valence-corrected chi connectivity index (χ1v) is 9.38. The van der Waals surface area contributed by atoms with Crippen molar-refractivity contribution in [3.8, 4) is 12.1 Å². The van der Waals surface area contributed by atoms with Crippen molar-refractivity contribution in [2.75, 3.05) is 0 Å². The van der Waals surface area contributed by atoms with E-state index in [1.807, 2.05) is 24.3 Å². The molecule has 2 N–H and O–H groups in total. The molecule has 5 rings (SSSR count). The van der Waals surface area contributed by atoms with Crippen molar-refractivity contribution in [3.05, 3.63) is 56.5 Å². The zero-order valence-electron chi connectivity index (χ0n) is 13.1. The number of aromatic amines is 2. The van der Waals surface area contributed by atoms with Crippen LogP contribution in [0.4, 0.5) is 0 Å². The van der Waals surface area contributed by atoms with Crippen LogP contribution >= 0.6 is 31.9 Å². The quantitative estimate of drug-likeness (QED) is 0.285. The van der Waals surface area contributed by atoms with Gasteiger partial charge in [0.05, 0.1) is 34.3 Å². The third-order valence-corrected chi connectivity index (χ3v) is 5.95. The lowest BCUT2D eigenvalue weighted by Crippen LogP contribution is -1.77. The van der Waals surface area contributed by atoms with Gasteiger partial charge in [-0.05, 0) is 68.3 Å². The molecule has 4 nitrogen and oxygen atoms in total. The van der Waals surface area contributed by atoms with Gasteiger partial charge in [-0.1, -0.05) is 0 Å². The van der Waals surface area contributed by atoms with Crippen LogP contribution in [0.25, 0.3) is 43.6 Å². The normalized spacial score (nSPS) is 11.4. The Labute approximate surface area is 164 Å². The first-order chi connectivity index (χ1) is 12.6. The molecule has 0 saturated carbocycles. The molecule has 5 aromatic rings. The summed E-state index contributed by atoms with van der Waals surface area (Å²) in [5, 5.41) is 22.6. The van der Waals surface area contributed by atoms with Gasteiger partial charge in [0.1, 0.15) is 0 Å². The van der Waals surface area contributed by atoms with Crippen molar-refractivity contribution in [2.45, 2.75) is 0 Å². The highest BCUT2D eigenvalue weighted by molar-refractivity contribution is 9.11. The summed E-state index contributed by atoms with van der Waals surface area (Å²) in [4.78, 5) is 6.88. The Hall–Kier alpha value is -2.80. The Morgan fingerprint density at radius 1 is 0.615 bits per heavy atom. The molecule has 0 aliphatic heterocycles. The highest BCUT2D eigenvalue weighted by Crippen LogP contribution is 2.37. The number of benzene rings is 3. The van der Waals surface area contributed by atoms with Crippen LogP contribution in [0.15, 0.2) is 45.3 Å². The molecule has 0 atom stereocenters. The van der Waals surface area contributed by atoms with E-state index in [9.17, 15) is 10.5 Å². The first kappa shape index (κ1) is 15.5. The van der Waals surface area contributed by atoms with Gasteiger partial charge in [0.2, 0.25) is 0 Å². The molecule has 122 valence electrons. The number of hydrogen-bond donors (Lipinski definition) is 2. The third-order valence-electron chi connectivity index (χ3n) is 4.70. The summed E-state index contributed by atoms with van der Waals surface area (Å²) < 4.78 is 1.73. The van der Waals surface area contributed by atoms with Gasteiger partial charge in [0, 0.05) is 41.5 Å². The molecule has 6 heteroatoms. The van der Waals surface area contributed by atoms with Crippen LogP contribution < -0.4 is 0 Å². The van der Waals surface area contributed by atoms with Crippen LogP contribution in [0, 0.1) is 22.7 Å². The van der Waals surface area contributed by atoms with Crippen molar-refractivity contribution >= 4 is 75.5 Å². The Kier molecular flexibility index (Phi) is 3.18. The van der Waals surface area contributed by atoms with Gasteiger partial charge in [-0.2, -0.15) is 10.5 Å². The second-order valence-electron chi connectivity index (χ2n) is 6.18. The molecule has 0 spiro atoms. The van der Waals surface area contributed by atoms with Gasteiger partial charge in [0.15, 0.2) is 0 Å². The largest absolute Gasteiger partial charge is 0.354 e. The zero-order valence-corrected chi connectivity index (χ0v) is 16.3. The maximum Gasteiger partial charge on any atom is 0.0992 e. The van der Waals surface area contributed by atoms with E-state index in [1.54, 1.807) is 0 Å². The lowest BCUT2D eigenvalue weighted by atomic mass is 10.1. The Balaban J connectivity index is 1.96. The molecule has 0 saturated heterocycles. The predicted octanol–water partition coefficient (Wildman–Crippen LogP) is 6.22. The SMILES string of the molecule is N#Cc1cc(Br)c2[nH]c3cc4c(cc3c2c1)[nH]c1c(Br)cc(C#N)cc14.